The quantitative estimate of drug-likeness (QED) is 0.517. The Morgan fingerprint density at radius 3 is 2.69 bits per heavy atom. The minimum atomic E-state index is 0.335. The van der Waals surface area contributed by atoms with Crippen LogP contribution in [0.1, 0.15) is 49.6 Å². The molecular formula is C26H31ClN4O. The van der Waals surface area contributed by atoms with Crippen LogP contribution in [0.5, 0.6) is 6.01 Å². The summed E-state index contributed by atoms with van der Waals surface area (Å²) >= 11 is 6.61. The first-order valence-electron chi connectivity index (χ1n) is 11.7. The van der Waals surface area contributed by atoms with Crippen LogP contribution in [-0.2, 0) is 13.0 Å². The first-order valence-corrected chi connectivity index (χ1v) is 12.0. The number of rotatable bonds is 5. The van der Waals surface area contributed by atoms with E-state index in [0.29, 0.717) is 24.6 Å². The summed E-state index contributed by atoms with van der Waals surface area (Å²) in [4.78, 5) is 14.5. The molecule has 0 saturated carbocycles. The highest BCUT2D eigenvalue weighted by Crippen LogP contribution is 2.36. The molecule has 0 spiro atoms. The minimum absolute atomic E-state index is 0.335. The number of likely N-dealkylation sites (tertiary alicyclic amines) is 1. The lowest BCUT2D eigenvalue weighted by atomic mass is 9.96. The van der Waals surface area contributed by atoms with Crippen LogP contribution in [0.3, 0.4) is 0 Å². The zero-order valence-corrected chi connectivity index (χ0v) is 19.9. The van der Waals surface area contributed by atoms with Crippen LogP contribution in [0.4, 0.5) is 5.69 Å². The highest BCUT2D eigenvalue weighted by atomic mass is 35.5. The van der Waals surface area contributed by atoms with Gasteiger partial charge in [0.2, 0.25) is 0 Å². The van der Waals surface area contributed by atoms with E-state index in [1.165, 1.54) is 24.1 Å². The largest absolute Gasteiger partial charge is 0.462 e. The van der Waals surface area contributed by atoms with Crippen LogP contribution in [0.2, 0.25) is 5.02 Å². The third-order valence-corrected chi connectivity index (χ3v) is 7.19. The monoisotopic (exact) mass is 450 g/mol. The molecule has 1 aromatic heterocycles. The van der Waals surface area contributed by atoms with Crippen molar-refractivity contribution in [3.05, 3.63) is 58.4 Å². The van der Waals surface area contributed by atoms with E-state index < -0.39 is 0 Å². The van der Waals surface area contributed by atoms with Crippen molar-refractivity contribution in [2.75, 3.05) is 31.6 Å². The highest BCUT2D eigenvalue weighted by Gasteiger charge is 2.26. The van der Waals surface area contributed by atoms with Crippen LogP contribution >= 0.6 is 11.6 Å². The fraction of sp³-hybridized carbons (Fsp3) is 0.462. The number of hydrogen-bond donors (Lipinski definition) is 0. The Balaban J connectivity index is 1.46. The van der Waals surface area contributed by atoms with Crippen LogP contribution < -0.4 is 9.64 Å². The van der Waals surface area contributed by atoms with Crippen molar-refractivity contribution in [3.63, 3.8) is 0 Å². The van der Waals surface area contributed by atoms with Crippen molar-refractivity contribution in [2.45, 2.75) is 51.6 Å². The predicted molar refractivity (Wildman–Crippen MR) is 131 cm³/mol. The molecule has 0 radical (unpaired) electrons. The fourth-order valence-corrected chi connectivity index (χ4v) is 5.36. The molecule has 2 aliphatic heterocycles. The topological polar surface area (TPSA) is 41.5 Å². The molecule has 5 rings (SSSR count). The molecular weight excluding hydrogens is 420 g/mol. The zero-order chi connectivity index (χ0) is 22.2. The molecule has 5 nitrogen and oxygen atoms in total. The van der Waals surface area contributed by atoms with Gasteiger partial charge in [0.05, 0.1) is 23.0 Å². The van der Waals surface area contributed by atoms with Gasteiger partial charge in [0.25, 0.3) is 0 Å². The maximum Gasteiger partial charge on any atom is 0.316 e. The van der Waals surface area contributed by atoms with Gasteiger partial charge in [-0.1, -0.05) is 49.7 Å². The minimum Gasteiger partial charge on any atom is -0.462 e. The van der Waals surface area contributed by atoms with Gasteiger partial charge in [-0.2, -0.15) is 9.97 Å². The number of anilines is 1. The Bertz CT molecular complexity index is 1130. The number of benzene rings is 2. The Kier molecular flexibility index (Phi) is 5.95. The molecule has 2 aliphatic rings. The van der Waals surface area contributed by atoms with Crippen LogP contribution in [-0.4, -0.2) is 47.7 Å². The van der Waals surface area contributed by atoms with E-state index in [2.05, 4.69) is 55.0 Å². The number of nitrogens with zero attached hydrogens (tertiary/aromatic N) is 4. The van der Waals surface area contributed by atoms with Gasteiger partial charge in [-0.3, -0.25) is 0 Å². The summed E-state index contributed by atoms with van der Waals surface area (Å²) in [5.41, 5.74) is 4.65. The summed E-state index contributed by atoms with van der Waals surface area (Å²) in [6.07, 6.45) is 3.33. The number of fused-ring (bicyclic) bond motifs is 2. The van der Waals surface area contributed by atoms with Gasteiger partial charge in [0.15, 0.2) is 0 Å². The lowest BCUT2D eigenvalue weighted by Gasteiger charge is -2.32. The highest BCUT2D eigenvalue weighted by molar-refractivity contribution is 6.36. The molecule has 0 amide bonds. The molecule has 168 valence electrons. The van der Waals surface area contributed by atoms with Gasteiger partial charge in [-0.15, -0.1) is 0 Å². The summed E-state index contributed by atoms with van der Waals surface area (Å²) in [5.74, 6) is 0.335. The number of likely N-dealkylation sites (N-methyl/N-ethyl adjacent to an activating group) is 1. The molecule has 1 saturated heterocycles. The summed E-state index contributed by atoms with van der Waals surface area (Å²) in [5, 5.41) is 3.06. The van der Waals surface area contributed by atoms with Gasteiger partial charge >= 0.3 is 6.01 Å². The molecule has 0 bridgehead atoms. The average Bonchev–Trinajstić information content (AvgIpc) is 3.21. The second kappa shape index (κ2) is 8.87. The van der Waals surface area contributed by atoms with Gasteiger partial charge in [-0.25, -0.2) is 0 Å². The lowest BCUT2D eigenvalue weighted by molar-refractivity contribution is 0.186. The molecule has 0 aliphatic carbocycles. The number of hydrogen-bond acceptors (Lipinski definition) is 5. The fourth-order valence-electron chi connectivity index (χ4n) is 5.08. The first-order chi connectivity index (χ1) is 15.5. The third-order valence-electron chi connectivity index (χ3n) is 6.87. The molecule has 1 fully saturated rings. The Morgan fingerprint density at radius 2 is 1.94 bits per heavy atom. The van der Waals surface area contributed by atoms with E-state index in [0.717, 1.165) is 53.2 Å². The smallest absolute Gasteiger partial charge is 0.316 e. The number of aromatic nitrogens is 2. The molecule has 3 heterocycles. The third kappa shape index (κ3) is 4.04. The van der Waals surface area contributed by atoms with Crippen molar-refractivity contribution in [1.29, 1.82) is 0 Å². The van der Waals surface area contributed by atoms with E-state index in [-0.39, 0.29) is 0 Å². The van der Waals surface area contributed by atoms with Gasteiger partial charge in [0, 0.05) is 23.7 Å². The predicted octanol–water partition coefficient (Wildman–Crippen LogP) is 5.44. The Labute approximate surface area is 195 Å². The summed E-state index contributed by atoms with van der Waals surface area (Å²) in [6.45, 7) is 7.85. The number of halogens is 1. The first kappa shape index (κ1) is 21.5. The normalized spacial score (nSPS) is 19.0. The van der Waals surface area contributed by atoms with Crippen molar-refractivity contribution in [2.24, 2.45) is 0 Å². The SMILES string of the molecule is CC(C)c1nc(OC[C@@H]2CCCN2C)nc2c1CCN(c1cccc3cccc(Cl)c13)C2. The Hall–Kier alpha value is -2.37. The van der Waals surface area contributed by atoms with Crippen molar-refractivity contribution >= 4 is 28.1 Å². The zero-order valence-electron chi connectivity index (χ0n) is 19.1. The van der Waals surface area contributed by atoms with Crippen LogP contribution in [0.15, 0.2) is 36.4 Å². The Morgan fingerprint density at radius 1 is 1.12 bits per heavy atom. The van der Waals surface area contributed by atoms with Crippen molar-refractivity contribution in [1.82, 2.24) is 14.9 Å². The molecule has 0 unspecified atom stereocenters. The van der Waals surface area contributed by atoms with Crippen molar-refractivity contribution < 1.29 is 4.74 Å². The second-order valence-corrected chi connectivity index (χ2v) is 9.75. The standard InChI is InChI=1S/C26H31ClN4O/c1-17(2)25-20-12-14-31(23-11-5-8-18-7-4-10-21(27)24(18)23)15-22(20)28-26(29-25)32-16-19-9-6-13-30(19)3/h4-5,7-8,10-11,17,19H,6,9,12-16H2,1-3H3/t19-/m0/s1. The molecule has 1 atom stereocenters. The van der Waals surface area contributed by atoms with Gasteiger partial charge in [0.1, 0.15) is 6.61 Å². The number of ether oxygens (including phenoxy) is 1. The van der Waals surface area contributed by atoms with E-state index in [1.807, 2.05) is 12.1 Å². The van der Waals surface area contributed by atoms with E-state index in [4.69, 9.17) is 26.3 Å². The maximum atomic E-state index is 6.61. The van der Waals surface area contributed by atoms with Gasteiger partial charge in [-0.05, 0) is 61.9 Å². The molecule has 0 N–H and O–H groups in total. The maximum absolute atomic E-state index is 6.61. The summed E-state index contributed by atoms with van der Waals surface area (Å²) in [7, 11) is 2.17. The summed E-state index contributed by atoms with van der Waals surface area (Å²) < 4.78 is 6.14. The molecule has 32 heavy (non-hydrogen) atoms. The molecule has 6 heteroatoms. The van der Waals surface area contributed by atoms with E-state index in [1.54, 1.807) is 0 Å². The lowest BCUT2D eigenvalue weighted by Crippen LogP contribution is -2.33. The molecule has 2 aromatic carbocycles. The second-order valence-electron chi connectivity index (χ2n) is 9.35. The van der Waals surface area contributed by atoms with Crippen LogP contribution in [0.25, 0.3) is 10.8 Å². The average molecular weight is 451 g/mol. The van der Waals surface area contributed by atoms with Crippen molar-refractivity contribution in [3.8, 4) is 6.01 Å². The molecule has 3 aromatic rings. The van der Waals surface area contributed by atoms with Gasteiger partial charge < -0.3 is 14.5 Å². The van der Waals surface area contributed by atoms with E-state index in [9.17, 15) is 0 Å². The van der Waals surface area contributed by atoms with E-state index >= 15 is 0 Å². The summed E-state index contributed by atoms with van der Waals surface area (Å²) in [6, 6.07) is 13.5. The van der Waals surface area contributed by atoms with Crippen LogP contribution in [0, 0.1) is 0 Å².